The molecule has 6 nitrogen and oxygen atoms in total. The lowest BCUT2D eigenvalue weighted by molar-refractivity contribution is 0.0680. The third-order valence-corrected chi connectivity index (χ3v) is 2.83. The summed E-state index contributed by atoms with van der Waals surface area (Å²) in [5.74, 6) is -1.13. The number of halogens is 1. The predicted octanol–water partition coefficient (Wildman–Crippen LogP) is 1.06. The van der Waals surface area contributed by atoms with Gasteiger partial charge in [-0.3, -0.25) is 0 Å². The quantitative estimate of drug-likeness (QED) is 0.678. The number of nitrogens with two attached hydrogens (primary N) is 1. The number of aliphatic hydroxyl groups is 1. The summed E-state index contributed by atoms with van der Waals surface area (Å²) < 4.78 is 4.82. The Bertz CT molecular complexity index is 467. The second-order valence-corrected chi connectivity index (χ2v) is 4.60. The van der Waals surface area contributed by atoms with E-state index in [9.17, 15) is 15.0 Å². The maximum absolute atomic E-state index is 11.2. The van der Waals surface area contributed by atoms with E-state index in [4.69, 9.17) is 22.1 Å². The highest BCUT2D eigenvalue weighted by atomic mass is 35.5. The number of hydrogen-bond acceptors (Lipinski definition) is 5. The number of carboxylic acid groups (broad SMARTS) is 1. The zero-order valence-corrected chi connectivity index (χ0v) is 11.5. The van der Waals surface area contributed by atoms with Crippen LogP contribution in [0.4, 0.5) is 11.4 Å². The lowest BCUT2D eigenvalue weighted by atomic mass is 10.1. The Balaban J connectivity index is 3.07. The summed E-state index contributed by atoms with van der Waals surface area (Å²) in [5, 5.41) is 19.1. The van der Waals surface area contributed by atoms with Crippen molar-refractivity contribution in [1.82, 2.24) is 0 Å². The van der Waals surface area contributed by atoms with E-state index in [-0.39, 0.29) is 29.4 Å². The van der Waals surface area contributed by atoms with E-state index >= 15 is 0 Å². The van der Waals surface area contributed by atoms with Crippen molar-refractivity contribution >= 4 is 28.9 Å². The SMILES string of the molecule is COCC(O)CN(C)c1c(Cl)cc(N)cc1C(=O)O. The molecule has 0 radical (unpaired) electrons. The van der Waals surface area contributed by atoms with Crippen LogP contribution in [0.2, 0.25) is 5.02 Å². The first-order chi connectivity index (χ1) is 8.86. The molecule has 0 aliphatic heterocycles. The molecule has 19 heavy (non-hydrogen) atoms. The highest BCUT2D eigenvalue weighted by molar-refractivity contribution is 6.34. The van der Waals surface area contributed by atoms with Crippen LogP contribution in [0.5, 0.6) is 0 Å². The molecule has 1 aromatic rings. The van der Waals surface area contributed by atoms with E-state index in [1.54, 1.807) is 11.9 Å². The summed E-state index contributed by atoms with van der Waals surface area (Å²) in [6, 6.07) is 2.81. The van der Waals surface area contributed by atoms with Gasteiger partial charge in [0.25, 0.3) is 0 Å². The molecule has 0 heterocycles. The summed E-state index contributed by atoms with van der Waals surface area (Å²) in [5.41, 5.74) is 6.17. The Hall–Kier alpha value is -1.50. The Morgan fingerprint density at radius 1 is 1.58 bits per heavy atom. The number of nitrogen functional groups attached to an aromatic ring is 1. The third kappa shape index (κ3) is 3.99. The number of ether oxygens (including phenoxy) is 1. The highest BCUT2D eigenvalue weighted by Crippen LogP contribution is 2.32. The van der Waals surface area contributed by atoms with Crippen molar-refractivity contribution in [3.05, 3.63) is 22.7 Å². The molecule has 0 aromatic heterocycles. The fourth-order valence-corrected chi connectivity index (χ4v) is 2.20. The zero-order chi connectivity index (χ0) is 14.6. The van der Waals surface area contributed by atoms with Crippen LogP contribution >= 0.6 is 11.6 Å². The van der Waals surface area contributed by atoms with Gasteiger partial charge in [0.2, 0.25) is 0 Å². The van der Waals surface area contributed by atoms with Gasteiger partial charge in [0, 0.05) is 26.4 Å². The minimum atomic E-state index is -1.13. The van der Waals surface area contributed by atoms with Gasteiger partial charge in [0.05, 0.1) is 29.0 Å². The van der Waals surface area contributed by atoms with Crippen molar-refractivity contribution in [2.45, 2.75) is 6.10 Å². The Morgan fingerprint density at radius 2 is 2.21 bits per heavy atom. The van der Waals surface area contributed by atoms with Crippen molar-refractivity contribution in [3.63, 3.8) is 0 Å². The molecular weight excluding hydrogens is 272 g/mol. The molecule has 106 valence electrons. The molecule has 0 aliphatic rings. The molecule has 0 aliphatic carbocycles. The van der Waals surface area contributed by atoms with E-state index in [1.807, 2.05) is 0 Å². The zero-order valence-electron chi connectivity index (χ0n) is 10.8. The molecule has 7 heteroatoms. The molecule has 0 spiro atoms. The number of methoxy groups -OCH3 is 1. The van der Waals surface area contributed by atoms with Gasteiger partial charge >= 0.3 is 5.97 Å². The Labute approximate surface area is 116 Å². The summed E-state index contributed by atoms with van der Waals surface area (Å²) in [6.45, 7) is 0.344. The van der Waals surface area contributed by atoms with Crippen LogP contribution in [0.1, 0.15) is 10.4 Å². The van der Waals surface area contributed by atoms with Gasteiger partial charge < -0.3 is 25.6 Å². The maximum atomic E-state index is 11.2. The predicted molar refractivity (Wildman–Crippen MR) is 74.0 cm³/mol. The van der Waals surface area contributed by atoms with Crippen LogP contribution in [0, 0.1) is 0 Å². The van der Waals surface area contributed by atoms with E-state index in [2.05, 4.69) is 0 Å². The minimum Gasteiger partial charge on any atom is -0.478 e. The second-order valence-electron chi connectivity index (χ2n) is 4.19. The number of aromatic carboxylic acids is 1. The van der Waals surface area contributed by atoms with Crippen LogP contribution in [0.25, 0.3) is 0 Å². The van der Waals surface area contributed by atoms with Crippen LogP contribution in [-0.2, 0) is 4.74 Å². The molecule has 1 aromatic carbocycles. The standard InChI is InChI=1S/C12H17ClN2O4/c1-15(5-8(16)6-19-2)11-9(12(17)18)3-7(14)4-10(11)13/h3-4,8,16H,5-6,14H2,1-2H3,(H,17,18). The van der Waals surface area contributed by atoms with E-state index < -0.39 is 12.1 Å². The van der Waals surface area contributed by atoms with Crippen molar-refractivity contribution in [3.8, 4) is 0 Å². The van der Waals surface area contributed by atoms with Gasteiger partial charge in [-0.25, -0.2) is 4.79 Å². The van der Waals surface area contributed by atoms with E-state index in [0.717, 1.165) is 0 Å². The van der Waals surface area contributed by atoms with Crippen LogP contribution in [0.3, 0.4) is 0 Å². The highest BCUT2D eigenvalue weighted by Gasteiger charge is 2.20. The molecular formula is C12H17ClN2O4. The maximum Gasteiger partial charge on any atom is 0.337 e. The van der Waals surface area contributed by atoms with Gasteiger partial charge in [-0.1, -0.05) is 11.6 Å². The number of rotatable bonds is 6. The molecule has 0 saturated heterocycles. The molecule has 0 fully saturated rings. The number of benzene rings is 1. The summed E-state index contributed by atoms with van der Waals surface area (Å²) >= 11 is 6.04. The molecule has 0 bridgehead atoms. The fraction of sp³-hybridized carbons (Fsp3) is 0.417. The fourth-order valence-electron chi connectivity index (χ4n) is 1.82. The topological polar surface area (TPSA) is 96.0 Å². The molecule has 1 atom stereocenters. The van der Waals surface area contributed by atoms with Crippen molar-refractivity contribution in [2.75, 3.05) is 37.9 Å². The molecule has 0 saturated carbocycles. The monoisotopic (exact) mass is 288 g/mol. The van der Waals surface area contributed by atoms with Gasteiger partial charge in [-0.15, -0.1) is 0 Å². The average molecular weight is 289 g/mol. The van der Waals surface area contributed by atoms with E-state index in [0.29, 0.717) is 5.69 Å². The van der Waals surface area contributed by atoms with Gasteiger partial charge in [0.1, 0.15) is 0 Å². The van der Waals surface area contributed by atoms with Crippen molar-refractivity contribution < 1.29 is 19.7 Å². The minimum absolute atomic E-state index is 0.00267. The van der Waals surface area contributed by atoms with Crippen molar-refractivity contribution in [2.24, 2.45) is 0 Å². The Morgan fingerprint density at radius 3 is 2.74 bits per heavy atom. The van der Waals surface area contributed by atoms with Crippen molar-refractivity contribution in [1.29, 1.82) is 0 Å². The lowest BCUT2D eigenvalue weighted by Crippen LogP contribution is -2.33. The normalized spacial score (nSPS) is 12.2. The number of carboxylic acids is 1. The van der Waals surface area contributed by atoms with Gasteiger partial charge in [0.15, 0.2) is 0 Å². The first-order valence-corrected chi connectivity index (χ1v) is 5.95. The lowest BCUT2D eigenvalue weighted by Gasteiger charge is -2.25. The number of likely N-dealkylation sites (N-methyl/N-ethyl adjacent to an activating group) is 1. The molecule has 1 rings (SSSR count). The average Bonchev–Trinajstić information content (AvgIpc) is 2.27. The molecule has 4 N–H and O–H groups in total. The summed E-state index contributed by atoms with van der Waals surface area (Å²) in [6.07, 6.45) is -0.745. The number of anilines is 2. The number of aliphatic hydroxyl groups excluding tert-OH is 1. The smallest absolute Gasteiger partial charge is 0.337 e. The molecule has 1 unspecified atom stereocenters. The van der Waals surface area contributed by atoms with Gasteiger partial charge in [-0.2, -0.15) is 0 Å². The number of carbonyl (C=O) groups is 1. The van der Waals surface area contributed by atoms with E-state index in [1.165, 1.54) is 19.2 Å². The second kappa shape index (κ2) is 6.60. The van der Waals surface area contributed by atoms with Crippen LogP contribution in [0.15, 0.2) is 12.1 Å². The third-order valence-electron chi connectivity index (χ3n) is 2.54. The summed E-state index contributed by atoms with van der Waals surface area (Å²) in [4.78, 5) is 12.8. The molecule has 0 amide bonds. The Kier molecular flexibility index (Phi) is 5.41. The number of hydrogen-bond donors (Lipinski definition) is 3. The largest absolute Gasteiger partial charge is 0.478 e. The van der Waals surface area contributed by atoms with Crippen LogP contribution in [-0.4, -0.2) is 49.6 Å². The number of nitrogens with zero attached hydrogens (tertiary/aromatic N) is 1. The first-order valence-electron chi connectivity index (χ1n) is 5.57. The summed E-state index contributed by atoms with van der Waals surface area (Å²) in [7, 11) is 3.12. The van der Waals surface area contributed by atoms with Gasteiger partial charge in [-0.05, 0) is 12.1 Å². The first kappa shape index (κ1) is 15.6. The van der Waals surface area contributed by atoms with Crippen LogP contribution < -0.4 is 10.6 Å².